The van der Waals surface area contributed by atoms with Gasteiger partial charge in [0.2, 0.25) is 0 Å². The highest BCUT2D eigenvalue weighted by Crippen LogP contribution is 2.23. The van der Waals surface area contributed by atoms with Crippen LogP contribution in [0.1, 0.15) is 16.2 Å². The molecule has 0 radical (unpaired) electrons. The number of aryl methyl sites for hydroxylation is 2. The van der Waals surface area contributed by atoms with E-state index in [1.54, 1.807) is 10.7 Å². The maximum absolute atomic E-state index is 10.8. The molecule has 1 N–H and O–H groups in total. The maximum atomic E-state index is 10.8. The van der Waals surface area contributed by atoms with E-state index in [2.05, 4.69) is 21.0 Å². The second-order valence-electron chi connectivity index (χ2n) is 3.07. The Kier molecular flexibility index (Phi) is 1.88. The third kappa shape index (κ3) is 1.07. The van der Waals surface area contributed by atoms with Gasteiger partial charge in [0.25, 0.3) is 0 Å². The van der Waals surface area contributed by atoms with Crippen LogP contribution in [0.2, 0.25) is 0 Å². The van der Waals surface area contributed by atoms with Crippen molar-refractivity contribution in [2.75, 3.05) is 0 Å². The quantitative estimate of drug-likeness (QED) is 0.841. The van der Waals surface area contributed by atoms with Crippen molar-refractivity contribution in [3.63, 3.8) is 0 Å². The molecule has 6 heteroatoms. The SMILES string of the molecule is Cc1cn2nc(C(=O)O)c(Br)c2n1C. The minimum absolute atomic E-state index is 0.0376. The topological polar surface area (TPSA) is 59.5 Å². The zero-order chi connectivity index (χ0) is 10.5. The molecule has 0 unspecified atom stereocenters. The largest absolute Gasteiger partial charge is 0.476 e. The van der Waals surface area contributed by atoms with E-state index >= 15 is 0 Å². The summed E-state index contributed by atoms with van der Waals surface area (Å²) in [6.07, 6.45) is 1.78. The van der Waals surface area contributed by atoms with Crippen LogP contribution < -0.4 is 0 Å². The fraction of sp³-hybridized carbons (Fsp3) is 0.250. The molecule has 0 atom stereocenters. The van der Waals surface area contributed by atoms with Gasteiger partial charge in [-0.3, -0.25) is 0 Å². The number of carboxylic acid groups (broad SMARTS) is 1. The van der Waals surface area contributed by atoms with Crippen molar-refractivity contribution in [1.29, 1.82) is 0 Å². The fourth-order valence-electron chi connectivity index (χ4n) is 1.36. The number of aromatic carboxylic acids is 1. The molecule has 0 spiro atoms. The highest BCUT2D eigenvalue weighted by molar-refractivity contribution is 9.10. The lowest BCUT2D eigenvalue weighted by Gasteiger charge is -1.95. The van der Waals surface area contributed by atoms with Gasteiger partial charge in [0.15, 0.2) is 11.3 Å². The van der Waals surface area contributed by atoms with E-state index in [0.717, 1.165) is 11.3 Å². The van der Waals surface area contributed by atoms with Crippen molar-refractivity contribution in [3.05, 3.63) is 22.1 Å². The predicted molar refractivity (Wildman–Crippen MR) is 53.6 cm³/mol. The lowest BCUT2D eigenvalue weighted by molar-refractivity contribution is 0.0689. The van der Waals surface area contributed by atoms with Crippen molar-refractivity contribution in [2.45, 2.75) is 6.92 Å². The first-order chi connectivity index (χ1) is 6.52. The average molecular weight is 258 g/mol. The summed E-state index contributed by atoms with van der Waals surface area (Å²) in [5.41, 5.74) is 1.81. The molecule has 0 saturated carbocycles. The first-order valence-electron chi connectivity index (χ1n) is 3.96. The molecule has 74 valence electrons. The highest BCUT2D eigenvalue weighted by Gasteiger charge is 2.19. The Bertz CT molecular complexity index is 526. The number of halogens is 1. The van der Waals surface area contributed by atoms with E-state index in [1.165, 1.54) is 0 Å². The summed E-state index contributed by atoms with van der Waals surface area (Å²) in [6.45, 7) is 1.93. The molecule has 2 heterocycles. The number of carbonyl (C=O) groups is 1. The molecule has 0 saturated heterocycles. The van der Waals surface area contributed by atoms with Gasteiger partial charge in [0.05, 0.1) is 10.7 Å². The molecule has 0 bridgehead atoms. The Morgan fingerprint density at radius 2 is 2.29 bits per heavy atom. The fourth-order valence-corrected chi connectivity index (χ4v) is 2.06. The van der Waals surface area contributed by atoms with Gasteiger partial charge in [-0.1, -0.05) is 0 Å². The van der Waals surface area contributed by atoms with Gasteiger partial charge in [-0.05, 0) is 22.9 Å². The molecule has 2 rings (SSSR count). The van der Waals surface area contributed by atoms with Crippen LogP contribution in [-0.4, -0.2) is 25.3 Å². The molecule has 14 heavy (non-hydrogen) atoms. The van der Waals surface area contributed by atoms with Gasteiger partial charge in [-0.2, -0.15) is 5.10 Å². The molecule has 0 aromatic carbocycles. The third-order valence-corrected chi connectivity index (χ3v) is 2.92. The monoisotopic (exact) mass is 257 g/mol. The molecule has 0 aliphatic carbocycles. The first-order valence-corrected chi connectivity index (χ1v) is 4.75. The highest BCUT2D eigenvalue weighted by atomic mass is 79.9. The molecule has 2 aromatic heterocycles. The normalized spacial score (nSPS) is 11.1. The number of nitrogens with zero attached hydrogens (tertiary/aromatic N) is 3. The number of hydrogen-bond donors (Lipinski definition) is 1. The molecule has 0 aliphatic heterocycles. The summed E-state index contributed by atoms with van der Waals surface area (Å²) in [6, 6.07) is 0. The zero-order valence-electron chi connectivity index (χ0n) is 7.65. The molecule has 5 nitrogen and oxygen atoms in total. The molecule has 0 aliphatic rings. The van der Waals surface area contributed by atoms with E-state index in [-0.39, 0.29) is 5.69 Å². The zero-order valence-corrected chi connectivity index (χ0v) is 9.24. The van der Waals surface area contributed by atoms with Gasteiger partial charge < -0.3 is 9.67 Å². The van der Waals surface area contributed by atoms with Gasteiger partial charge >= 0.3 is 5.97 Å². The molecule has 2 aromatic rings. The van der Waals surface area contributed by atoms with Crippen molar-refractivity contribution >= 4 is 27.5 Å². The number of aromatic nitrogens is 3. The maximum Gasteiger partial charge on any atom is 0.357 e. The summed E-state index contributed by atoms with van der Waals surface area (Å²) in [4.78, 5) is 10.8. The van der Waals surface area contributed by atoms with Crippen molar-refractivity contribution in [2.24, 2.45) is 7.05 Å². The Morgan fingerprint density at radius 3 is 2.79 bits per heavy atom. The van der Waals surface area contributed by atoms with Crippen molar-refractivity contribution in [3.8, 4) is 0 Å². The number of hydrogen-bond acceptors (Lipinski definition) is 2. The number of imidazole rings is 1. The van der Waals surface area contributed by atoms with E-state index in [1.807, 2.05) is 18.5 Å². The van der Waals surface area contributed by atoms with E-state index in [4.69, 9.17) is 5.11 Å². The average Bonchev–Trinajstić information content (AvgIpc) is 2.54. The lowest BCUT2D eigenvalue weighted by Crippen LogP contribution is -1.98. The summed E-state index contributed by atoms with van der Waals surface area (Å²) in [5.74, 6) is -1.03. The van der Waals surface area contributed by atoms with Crippen molar-refractivity contribution < 1.29 is 9.90 Å². The summed E-state index contributed by atoms with van der Waals surface area (Å²) >= 11 is 3.23. The summed E-state index contributed by atoms with van der Waals surface area (Å²) in [5, 5.41) is 12.8. The lowest BCUT2D eigenvalue weighted by atomic mass is 10.4. The Morgan fingerprint density at radius 1 is 1.64 bits per heavy atom. The number of fused-ring (bicyclic) bond motifs is 1. The van der Waals surface area contributed by atoms with Gasteiger partial charge in [-0.25, -0.2) is 9.31 Å². The second kappa shape index (κ2) is 2.84. The van der Waals surface area contributed by atoms with Crippen LogP contribution in [0, 0.1) is 6.92 Å². The standard InChI is InChI=1S/C8H8BrN3O2/c1-4-3-12-7(11(4)2)5(9)6(10-12)8(13)14/h3H,1-2H3,(H,13,14). The Labute approximate surface area is 88.1 Å². The van der Waals surface area contributed by atoms with Gasteiger partial charge in [0.1, 0.15) is 0 Å². The third-order valence-electron chi connectivity index (χ3n) is 2.19. The van der Waals surface area contributed by atoms with Crippen LogP contribution in [0.5, 0.6) is 0 Å². The Balaban J connectivity index is 2.84. The van der Waals surface area contributed by atoms with Crippen LogP contribution in [0.25, 0.3) is 5.65 Å². The molecule has 0 fully saturated rings. The summed E-state index contributed by atoms with van der Waals surface area (Å²) < 4.78 is 3.95. The van der Waals surface area contributed by atoms with E-state index in [9.17, 15) is 4.79 Å². The first kappa shape index (κ1) is 9.26. The van der Waals surface area contributed by atoms with Crippen LogP contribution in [0.15, 0.2) is 10.7 Å². The molecular formula is C8H8BrN3O2. The minimum atomic E-state index is -1.03. The number of rotatable bonds is 1. The van der Waals surface area contributed by atoms with E-state index < -0.39 is 5.97 Å². The molecular weight excluding hydrogens is 250 g/mol. The smallest absolute Gasteiger partial charge is 0.357 e. The van der Waals surface area contributed by atoms with Crippen LogP contribution in [-0.2, 0) is 7.05 Å². The minimum Gasteiger partial charge on any atom is -0.476 e. The number of carboxylic acids is 1. The van der Waals surface area contributed by atoms with Crippen LogP contribution in [0.4, 0.5) is 0 Å². The predicted octanol–water partition coefficient (Wildman–Crippen LogP) is 1.44. The Hall–Kier alpha value is -1.30. The van der Waals surface area contributed by atoms with Crippen LogP contribution in [0.3, 0.4) is 0 Å². The van der Waals surface area contributed by atoms with E-state index in [0.29, 0.717) is 4.47 Å². The van der Waals surface area contributed by atoms with Gasteiger partial charge in [-0.15, -0.1) is 0 Å². The molecule has 0 amide bonds. The summed E-state index contributed by atoms with van der Waals surface area (Å²) in [7, 11) is 1.86. The van der Waals surface area contributed by atoms with Crippen molar-refractivity contribution in [1.82, 2.24) is 14.2 Å². The van der Waals surface area contributed by atoms with Gasteiger partial charge in [0, 0.05) is 12.7 Å². The van der Waals surface area contributed by atoms with Crippen LogP contribution >= 0.6 is 15.9 Å². The second-order valence-corrected chi connectivity index (χ2v) is 3.86.